The zero-order valence-electron chi connectivity index (χ0n) is 7.02. The van der Waals surface area contributed by atoms with Gasteiger partial charge in [-0.3, -0.25) is 5.01 Å². The molecule has 2 nitrogen and oxygen atoms in total. The smallest absolute Gasteiger partial charge is 0.287 e. The minimum Gasteiger partial charge on any atom is -0.287 e. The summed E-state index contributed by atoms with van der Waals surface area (Å²) in [6.07, 6.45) is -1.99. The van der Waals surface area contributed by atoms with E-state index in [4.69, 9.17) is 5.84 Å². The maximum Gasteiger partial charge on any atom is 0.418 e. The van der Waals surface area contributed by atoms with E-state index in [9.17, 15) is 13.2 Å². The topological polar surface area (TPSA) is 29.3 Å². The number of hydrogen-bond donors (Lipinski definition) is 1. The predicted octanol–water partition coefficient (Wildman–Crippen LogP) is 2.08. The molecular weight excluding hydrogens is 181 g/mol. The minimum absolute atomic E-state index is 0.238. The molecule has 0 aromatic carbocycles. The first-order valence-corrected chi connectivity index (χ1v) is 3.53. The summed E-state index contributed by atoms with van der Waals surface area (Å²) in [6, 6.07) is 0. The first kappa shape index (κ1) is 9.85. The number of nitrogens with zero attached hydrogens (tertiary/aromatic N) is 1. The molecule has 1 rings (SSSR count). The van der Waals surface area contributed by atoms with Crippen molar-refractivity contribution in [1.29, 1.82) is 0 Å². The van der Waals surface area contributed by atoms with Crippen molar-refractivity contribution < 1.29 is 13.2 Å². The lowest BCUT2D eigenvalue weighted by Crippen LogP contribution is -2.31. The van der Waals surface area contributed by atoms with Gasteiger partial charge in [0.1, 0.15) is 0 Å². The molecule has 0 aromatic heterocycles. The van der Waals surface area contributed by atoms with Crippen molar-refractivity contribution in [2.24, 2.45) is 5.84 Å². The van der Waals surface area contributed by atoms with Gasteiger partial charge in [-0.05, 0) is 18.6 Å². The zero-order chi connectivity index (χ0) is 10.2. The Labute approximate surface area is 73.8 Å². The van der Waals surface area contributed by atoms with Crippen LogP contribution in [0.5, 0.6) is 0 Å². The average molecular weight is 190 g/mol. The van der Waals surface area contributed by atoms with Crippen molar-refractivity contribution >= 4 is 0 Å². The molecule has 5 heteroatoms. The number of alkyl halides is 3. The third kappa shape index (κ3) is 1.92. The van der Waals surface area contributed by atoms with E-state index in [0.29, 0.717) is 5.57 Å². The fourth-order valence-electron chi connectivity index (χ4n) is 1.03. The van der Waals surface area contributed by atoms with Crippen LogP contribution in [0.2, 0.25) is 0 Å². The molecule has 0 aromatic rings. The number of hydrazine groups is 1. The average Bonchev–Trinajstić information content (AvgIpc) is 1.94. The summed E-state index contributed by atoms with van der Waals surface area (Å²) in [6.45, 7) is 4.79. The Kier molecular flexibility index (Phi) is 2.21. The van der Waals surface area contributed by atoms with Crippen molar-refractivity contribution in [3.63, 3.8) is 0 Å². The quantitative estimate of drug-likeness (QED) is 0.592. The van der Waals surface area contributed by atoms with E-state index in [1.807, 2.05) is 0 Å². The lowest BCUT2D eigenvalue weighted by molar-refractivity contribution is -0.0913. The Morgan fingerprint density at radius 1 is 1.46 bits per heavy atom. The van der Waals surface area contributed by atoms with E-state index in [-0.39, 0.29) is 5.70 Å². The van der Waals surface area contributed by atoms with E-state index in [0.717, 1.165) is 11.1 Å². The van der Waals surface area contributed by atoms with Gasteiger partial charge in [-0.2, -0.15) is 13.2 Å². The molecule has 0 atom stereocenters. The number of halogens is 3. The molecule has 0 unspecified atom stereocenters. The van der Waals surface area contributed by atoms with Crippen LogP contribution in [-0.4, -0.2) is 11.2 Å². The van der Waals surface area contributed by atoms with Gasteiger partial charge in [-0.25, -0.2) is 5.84 Å². The number of hydrogen-bond acceptors (Lipinski definition) is 2. The number of nitrogens with two attached hydrogens (primary N) is 1. The first-order chi connectivity index (χ1) is 5.82. The third-order valence-corrected chi connectivity index (χ3v) is 1.64. The second kappa shape index (κ2) is 2.92. The van der Waals surface area contributed by atoms with Gasteiger partial charge in [0.25, 0.3) is 0 Å². The van der Waals surface area contributed by atoms with Gasteiger partial charge in [-0.1, -0.05) is 6.58 Å². The van der Waals surface area contributed by atoms with Crippen molar-refractivity contribution in [3.05, 3.63) is 35.7 Å². The van der Waals surface area contributed by atoms with E-state index >= 15 is 0 Å². The second-order valence-electron chi connectivity index (χ2n) is 2.78. The maximum absolute atomic E-state index is 12.3. The lowest BCUT2D eigenvalue weighted by Gasteiger charge is -2.25. The highest BCUT2D eigenvalue weighted by molar-refractivity contribution is 5.41. The summed E-state index contributed by atoms with van der Waals surface area (Å²) < 4.78 is 36.9. The summed E-state index contributed by atoms with van der Waals surface area (Å²) in [5, 5.41) is 0.873. The molecule has 0 bridgehead atoms. The van der Waals surface area contributed by atoms with Crippen LogP contribution in [0.1, 0.15) is 6.92 Å². The first-order valence-electron chi connectivity index (χ1n) is 3.53. The number of rotatable bonds is 0. The van der Waals surface area contributed by atoms with Gasteiger partial charge in [0, 0.05) is 6.20 Å². The summed E-state index contributed by atoms with van der Waals surface area (Å²) in [5.74, 6) is 5.27. The van der Waals surface area contributed by atoms with E-state index in [1.54, 1.807) is 0 Å². The van der Waals surface area contributed by atoms with Gasteiger partial charge in [-0.15, -0.1) is 0 Å². The van der Waals surface area contributed by atoms with Crippen LogP contribution >= 0.6 is 0 Å². The molecule has 1 aliphatic heterocycles. The molecule has 0 amide bonds. The summed E-state index contributed by atoms with van der Waals surface area (Å²) in [7, 11) is 0. The predicted molar refractivity (Wildman–Crippen MR) is 43.1 cm³/mol. The highest BCUT2D eigenvalue weighted by Gasteiger charge is 2.37. The van der Waals surface area contributed by atoms with E-state index < -0.39 is 11.7 Å². The molecule has 2 N–H and O–H groups in total. The largest absolute Gasteiger partial charge is 0.418 e. The highest BCUT2D eigenvalue weighted by Crippen LogP contribution is 2.34. The van der Waals surface area contributed by atoms with Crippen LogP contribution in [0.15, 0.2) is 35.7 Å². The Hall–Kier alpha value is -1.23. The van der Waals surface area contributed by atoms with Gasteiger partial charge < -0.3 is 0 Å². The van der Waals surface area contributed by atoms with Crippen LogP contribution in [0.4, 0.5) is 13.2 Å². The van der Waals surface area contributed by atoms with Crippen molar-refractivity contribution in [1.82, 2.24) is 5.01 Å². The van der Waals surface area contributed by atoms with Crippen LogP contribution in [0.25, 0.3) is 0 Å². The summed E-state index contributed by atoms with van der Waals surface area (Å²) >= 11 is 0. The van der Waals surface area contributed by atoms with Crippen LogP contribution < -0.4 is 5.84 Å². The van der Waals surface area contributed by atoms with Gasteiger partial charge >= 0.3 is 6.18 Å². The summed E-state index contributed by atoms with van der Waals surface area (Å²) in [4.78, 5) is 0. The highest BCUT2D eigenvalue weighted by atomic mass is 19.4. The summed E-state index contributed by atoms with van der Waals surface area (Å²) in [5.41, 5.74) is -0.588. The molecular formula is C8H9F3N2. The molecule has 0 spiro atoms. The molecule has 0 saturated carbocycles. The lowest BCUT2D eigenvalue weighted by atomic mass is 10.1. The molecule has 1 heterocycles. The molecule has 0 saturated heterocycles. The Morgan fingerprint density at radius 2 is 2.00 bits per heavy atom. The minimum atomic E-state index is -4.40. The third-order valence-electron chi connectivity index (χ3n) is 1.64. The molecule has 1 aliphatic rings. The fraction of sp³-hybridized carbons (Fsp3) is 0.250. The van der Waals surface area contributed by atoms with E-state index in [1.165, 1.54) is 13.1 Å². The van der Waals surface area contributed by atoms with Crippen molar-refractivity contribution in [2.45, 2.75) is 13.1 Å². The molecule has 72 valence electrons. The van der Waals surface area contributed by atoms with Gasteiger partial charge in [0.2, 0.25) is 0 Å². The van der Waals surface area contributed by atoms with Crippen molar-refractivity contribution in [2.75, 3.05) is 0 Å². The molecule has 0 fully saturated rings. The molecule has 0 radical (unpaired) electrons. The normalized spacial score (nSPS) is 18.5. The SMILES string of the molecule is C=C1C(C(F)(F)F)=CC(C)=CN1N. The molecule has 13 heavy (non-hydrogen) atoms. The van der Waals surface area contributed by atoms with Crippen molar-refractivity contribution in [3.8, 4) is 0 Å². The monoisotopic (exact) mass is 190 g/mol. The number of allylic oxidation sites excluding steroid dienone is 3. The standard InChI is InChI=1S/C8H9F3N2/c1-5-3-7(8(9,10)11)6(2)13(12)4-5/h3-4H,2,12H2,1H3. The Bertz CT molecular complexity index is 299. The second-order valence-corrected chi connectivity index (χ2v) is 2.78. The Balaban J connectivity index is 3.10. The van der Waals surface area contributed by atoms with Gasteiger partial charge in [0.15, 0.2) is 0 Å². The Morgan fingerprint density at radius 3 is 2.46 bits per heavy atom. The van der Waals surface area contributed by atoms with Gasteiger partial charge in [0.05, 0.1) is 11.3 Å². The zero-order valence-corrected chi connectivity index (χ0v) is 7.02. The van der Waals surface area contributed by atoms with Crippen LogP contribution in [-0.2, 0) is 0 Å². The maximum atomic E-state index is 12.3. The fourth-order valence-corrected chi connectivity index (χ4v) is 1.03. The van der Waals surface area contributed by atoms with Crippen LogP contribution in [0.3, 0.4) is 0 Å². The van der Waals surface area contributed by atoms with Crippen LogP contribution in [0, 0.1) is 0 Å². The molecule has 0 aliphatic carbocycles. The van der Waals surface area contributed by atoms with E-state index in [2.05, 4.69) is 6.58 Å².